The van der Waals surface area contributed by atoms with Crippen molar-refractivity contribution in [3.8, 4) is 11.5 Å². The van der Waals surface area contributed by atoms with Crippen LogP contribution in [0, 0.1) is 0 Å². The molecule has 21 heavy (non-hydrogen) atoms. The zero-order chi connectivity index (χ0) is 16.2. The summed E-state index contributed by atoms with van der Waals surface area (Å²) in [4.78, 5) is 35.0. The highest BCUT2D eigenvalue weighted by Gasteiger charge is 2.31. The highest BCUT2D eigenvalue weighted by molar-refractivity contribution is 5.97. The second kappa shape index (κ2) is 6.74. The standard InChI is InChI=1S/C14H17NO6/c1-8(16)15(9(2)17)11(14(19)20)6-10-4-5-12(18)13(7-10)21-3/h4-5,7,11,18H,6H2,1-3H3,(H,19,20)/t11-/m0/s1. The van der Waals surface area contributed by atoms with Gasteiger partial charge in [0.05, 0.1) is 7.11 Å². The number of amides is 2. The molecule has 7 heteroatoms. The number of phenols is 1. The molecule has 0 radical (unpaired) electrons. The minimum absolute atomic E-state index is 0.0782. The molecule has 0 heterocycles. The van der Waals surface area contributed by atoms with E-state index in [0.717, 1.165) is 13.8 Å². The molecule has 0 saturated carbocycles. The average molecular weight is 295 g/mol. The predicted octanol–water partition coefficient (Wildman–Crippen LogP) is 0.791. The molecule has 0 unspecified atom stereocenters. The molecule has 0 saturated heterocycles. The number of carboxylic acids is 1. The molecule has 2 N–H and O–H groups in total. The fourth-order valence-corrected chi connectivity index (χ4v) is 2.02. The number of ether oxygens (including phenoxy) is 1. The summed E-state index contributed by atoms with van der Waals surface area (Å²) < 4.78 is 4.94. The highest BCUT2D eigenvalue weighted by atomic mass is 16.5. The van der Waals surface area contributed by atoms with E-state index >= 15 is 0 Å². The SMILES string of the molecule is COc1cc(C[C@@H](C(=O)O)N(C(C)=O)C(C)=O)ccc1O. The molecular weight excluding hydrogens is 278 g/mol. The van der Waals surface area contributed by atoms with E-state index in [2.05, 4.69) is 0 Å². The maximum Gasteiger partial charge on any atom is 0.327 e. The Bertz CT molecular complexity index is 555. The van der Waals surface area contributed by atoms with Gasteiger partial charge in [0.25, 0.3) is 0 Å². The van der Waals surface area contributed by atoms with Crippen molar-refractivity contribution in [1.29, 1.82) is 0 Å². The Hall–Kier alpha value is -2.57. The fraction of sp³-hybridized carbons (Fsp3) is 0.357. The normalized spacial score (nSPS) is 11.6. The van der Waals surface area contributed by atoms with E-state index in [1.165, 1.54) is 25.3 Å². The van der Waals surface area contributed by atoms with Gasteiger partial charge in [0, 0.05) is 20.3 Å². The number of nitrogens with zero attached hydrogens (tertiary/aromatic N) is 1. The van der Waals surface area contributed by atoms with Gasteiger partial charge >= 0.3 is 5.97 Å². The Kier molecular flexibility index (Phi) is 5.29. The number of carbonyl (C=O) groups excluding carboxylic acids is 2. The van der Waals surface area contributed by atoms with E-state index in [4.69, 9.17) is 4.74 Å². The summed E-state index contributed by atoms with van der Waals surface area (Å²) in [6, 6.07) is 3.02. The lowest BCUT2D eigenvalue weighted by Crippen LogP contribution is -2.48. The van der Waals surface area contributed by atoms with Crippen molar-refractivity contribution in [3.05, 3.63) is 23.8 Å². The van der Waals surface area contributed by atoms with E-state index in [9.17, 15) is 24.6 Å². The molecular formula is C14H17NO6. The largest absolute Gasteiger partial charge is 0.504 e. The summed E-state index contributed by atoms with van der Waals surface area (Å²) >= 11 is 0. The predicted molar refractivity (Wildman–Crippen MR) is 73.0 cm³/mol. The Balaban J connectivity index is 3.11. The van der Waals surface area contributed by atoms with Gasteiger partial charge < -0.3 is 14.9 Å². The van der Waals surface area contributed by atoms with Crippen LogP contribution in [0.3, 0.4) is 0 Å². The van der Waals surface area contributed by atoms with Crippen LogP contribution in [0.2, 0.25) is 0 Å². The first-order valence-corrected chi connectivity index (χ1v) is 6.17. The summed E-state index contributed by atoms with van der Waals surface area (Å²) in [6.07, 6.45) is -0.0782. The maximum absolute atomic E-state index is 11.5. The van der Waals surface area contributed by atoms with Crippen molar-refractivity contribution >= 4 is 17.8 Å². The van der Waals surface area contributed by atoms with Crippen molar-refractivity contribution in [2.24, 2.45) is 0 Å². The molecule has 0 bridgehead atoms. The summed E-state index contributed by atoms with van der Waals surface area (Å²) in [7, 11) is 1.37. The van der Waals surface area contributed by atoms with Gasteiger partial charge in [0.15, 0.2) is 11.5 Å². The molecule has 0 aliphatic heterocycles. The third kappa shape index (κ3) is 3.95. The molecule has 114 valence electrons. The quantitative estimate of drug-likeness (QED) is 0.832. The molecule has 1 atom stereocenters. The molecule has 1 rings (SSSR count). The first-order chi connectivity index (χ1) is 9.77. The van der Waals surface area contributed by atoms with E-state index in [1.54, 1.807) is 0 Å². The number of imide groups is 1. The van der Waals surface area contributed by atoms with Crippen LogP contribution in [0.15, 0.2) is 18.2 Å². The number of rotatable bonds is 5. The second-order valence-corrected chi connectivity index (χ2v) is 4.47. The number of hydrogen-bond donors (Lipinski definition) is 2. The minimum atomic E-state index is -1.31. The summed E-state index contributed by atoms with van der Waals surface area (Å²) in [6.45, 7) is 2.27. The molecule has 0 aromatic heterocycles. The Morgan fingerprint density at radius 2 is 1.81 bits per heavy atom. The molecule has 0 fully saturated rings. The fourth-order valence-electron chi connectivity index (χ4n) is 2.02. The van der Waals surface area contributed by atoms with Gasteiger partial charge in [-0.15, -0.1) is 0 Å². The highest BCUT2D eigenvalue weighted by Crippen LogP contribution is 2.27. The molecule has 7 nitrogen and oxygen atoms in total. The minimum Gasteiger partial charge on any atom is -0.504 e. The topological polar surface area (TPSA) is 104 Å². The molecule has 0 aliphatic carbocycles. The zero-order valence-corrected chi connectivity index (χ0v) is 12.0. The van der Waals surface area contributed by atoms with Crippen molar-refractivity contribution in [2.45, 2.75) is 26.3 Å². The van der Waals surface area contributed by atoms with Gasteiger partial charge in [-0.2, -0.15) is 0 Å². The Labute approximate surface area is 121 Å². The van der Waals surface area contributed by atoms with Crippen molar-refractivity contribution in [2.75, 3.05) is 7.11 Å². The zero-order valence-electron chi connectivity index (χ0n) is 12.0. The molecule has 1 aromatic carbocycles. The third-order valence-corrected chi connectivity index (χ3v) is 2.95. The number of hydrogen-bond acceptors (Lipinski definition) is 5. The number of carbonyl (C=O) groups is 3. The monoisotopic (exact) mass is 295 g/mol. The summed E-state index contributed by atoms with van der Waals surface area (Å²) in [5.41, 5.74) is 0.518. The van der Waals surface area contributed by atoms with E-state index in [-0.39, 0.29) is 17.9 Å². The summed E-state index contributed by atoms with van der Waals surface area (Å²) in [5, 5.41) is 18.8. The Morgan fingerprint density at radius 3 is 2.24 bits per heavy atom. The van der Waals surface area contributed by atoms with Crippen LogP contribution in [0.4, 0.5) is 0 Å². The van der Waals surface area contributed by atoms with Crippen molar-refractivity contribution in [1.82, 2.24) is 4.90 Å². The smallest absolute Gasteiger partial charge is 0.327 e. The van der Waals surface area contributed by atoms with Gasteiger partial charge in [-0.3, -0.25) is 14.5 Å². The first-order valence-electron chi connectivity index (χ1n) is 6.17. The number of aromatic hydroxyl groups is 1. The third-order valence-electron chi connectivity index (χ3n) is 2.95. The first kappa shape index (κ1) is 16.5. The number of benzene rings is 1. The van der Waals surface area contributed by atoms with E-state index < -0.39 is 23.8 Å². The van der Waals surface area contributed by atoms with Crippen LogP contribution in [0.25, 0.3) is 0 Å². The van der Waals surface area contributed by atoms with Crippen LogP contribution in [-0.2, 0) is 20.8 Å². The number of methoxy groups -OCH3 is 1. The maximum atomic E-state index is 11.5. The van der Waals surface area contributed by atoms with Gasteiger partial charge in [-0.1, -0.05) is 6.07 Å². The number of carboxylic acid groups (broad SMARTS) is 1. The van der Waals surface area contributed by atoms with Crippen LogP contribution in [0.1, 0.15) is 19.4 Å². The van der Waals surface area contributed by atoms with E-state index in [0.29, 0.717) is 10.5 Å². The van der Waals surface area contributed by atoms with Gasteiger partial charge in [-0.25, -0.2) is 4.79 Å². The molecule has 2 amide bonds. The lowest BCUT2D eigenvalue weighted by atomic mass is 10.0. The average Bonchev–Trinajstić information content (AvgIpc) is 2.38. The number of phenolic OH excluding ortho intramolecular Hbond substituents is 1. The van der Waals surface area contributed by atoms with Gasteiger partial charge in [0.2, 0.25) is 11.8 Å². The molecule has 0 aliphatic rings. The van der Waals surface area contributed by atoms with Crippen LogP contribution >= 0.6 is 0 Å². The lowest BCUT2D eigenvalue weighted by Gasteiger charge is -2.25. The van der Waals surface area contributed by atoms with E-state index in [1.807, 2.05) is 0 Å². The lowest BCUT2D eigenvalue weighted by molar-refractivity contribution is -0.156. The van der Waals surface area contributed by atoms with Crippen molar-refractivity contribution in [3.63, 3.8) is 0 Å². The van der Waals surface area contributed by atoms with Crippen LogP contribution < -0.4 is 4.74 Å². The summed E-state index contributed by atoms with van der Waals surface area (Å²) in [5.74, 6) is -2.45. The van der Waals surface area contributed by atoms with Crippen LogP contribution in [0.5, 0.6) is 11.5 Å². The molecule has 0 spiro atoms. The van der Waals surface area contributed by atoms with Crippen molar-refractivity contribution < 1.29 is 29.3 Å². The Morgan fingerprint density at radius 1 is 1.24 bits per heavy atom. The van der Waals surface area contributed by atoms with Gasteiger partial charge in [0.1, 0.15) is 6.04 Å². The van der Waals surface area contributed by atoms with Crippen LogP contribution in [-0.4, -0.2) is 46.0 Å². The second-order valence-electron chi connectivity index (χ2n) is 4.47. The number of aliphatic carboxylic acids is 1. The molecule has 1 aromatic rings. The van der Waals surface area contributed by atoms with Gasteiger partial charge in [-0.05, 0) is 17.7 Å².